The normalized spacial score (nSPS) is 14.9. The zero-order valence-corrected chi connectivity index (χ0v) is 12.8. The standard InChI is InChI=1S/C14H15N3O4S/c1-10-8-11(17(18)19)2-3-12(10)21-13-9-15-14(22-13)16-4-6-20-7-5-16/h2-3,8-9H,4-7H2,1H3. The second-order valence-corrected chi connectivity index (χ2v) is 5.84. The molecule has 0 amide bonds. The molecule has 8 heteroatoms. The van der Waals surface area contributed by atoms with Crippen LogP contribution in [0.2, 0.25) is 0 Å². The summed E-state index contributed by atoms with van der Waals surface area (Å²) in [6.45, 7) is 4.84. The molecule has 1 aromatic carbocycles. The molecule has 0 spiro atoms. The van der Waals surface area contributed by atoms with Gasteiger partial charge in [-0.15, -0.1) is 0 Å². The number of aromatic nitrogens is 1. The van der Waals surface area contributed by atoms with Gasteiger partial charge in [-0.3, -0.25) is 10.1 Å². The molecule has 0 bridgehead atoms. The Morgan fingerprint density at radius 2 is 2.18 bits per heavy atom. The Hall–Kier alpha value is -2.19. The zero-order valence-electron chi connectivity index (χ0n) is 12.0. The first kappa shape index (κ1) is 14.7. The molecule has 7 nitrogen and oxygen atoms in total. The van der Waals surface area contributed by atoms with Crippen molar-refractivity contribution < 1.29 is 14.4 Å². The van der Waals surface area contributed by atoms with Crippen molar-refractivity contribution >= 4 is 22.2 Å². The van der Waals surface area contributed by atoms with Crippen LogP contribution in [0.15, 0.2) is 24.4 Å². The number of nitro benzene ring substituents is 1. The quantitative estimate of drug-likeness (QED) is 0.636. The second kappa shape index (κ2) is 6.29. The van der Waals surface area contributed by atoms with Gasteiger partial charge in [-0.05, 0) is 18.6 Å². The van der Waals surface area contributed by atoms with Crippen molar-refractivity contribution in [3.8, 4) is 10.8 Å². The summed E-state index contributed by atoms with van der Waals surface area (Å²) in [7, 11) is 0. The molecule has 1 aromatic heterocycles. The van der Waals surface area contributed by atoms with Crippen molar-refractivity contribution in [1.29, 1.82) is 0 Å². The number of aryl methyl sites for hydroxylation is 1. The van der Waals surface area contributed by atoms with Gasteiger partial charge in [-0.2, -0.15) is 0 Å². The van der Waals surface area contributed by atoms with E-state index in [2.05, 4.69) is 9.88 Å². The number of thiazole rings is 1. The number of hydrogen-bond acceptors (Lipinski definition) is 7. The van der Waals surface area contributed by atoms with Gasteiger partial charge in [-0.25, -0.2) is 4.98 Å². The van der Waals surface area contributed by atoms with Crippen LogP contribution in [-0.2, 0) is 4.74 Å². The van der Waals surface area contributed by atoms with Crippen LogP contribution in [0.4, 0.5) is 10.8 Å². The summed E-state index contributed by atoms with van der Waals surface area (Å²) in [5.41, 5.74) is 0.777. The third-order valence-corrected chi connectivity index (χ3v) is 4.27. The van der Waals surface area contributed by atoms with Crippen LogP contribution >= 0.6 is 11.3 Å². The molecule has 3 rings (SSSR count). The van der Waals surface area contributed by atoms with Gasteiger partial charge in [0.25, 0.3) is 5.69 Å². The monoisotopic (exact) mass is 321 g/mol. The third-order valence-electron chi connectivity index (χ3n) is 3.33. The molecule has 116 valence electrons. The molecule has 1 aliphatic rings. The Bertz CT molecular complexity index is 682. The number of hydrogen-bond donors (Lipinski definition) is 0. The summed E-state index contributed by atoms with van der Waals surface area (Å²) in [6, 6.07) is 4.55. The molecule has 1 fully saturated rings. The van der Waals surface area contributed by atoms with Crippen molar-refractivity contribution in [2.24, 2.45) is 0 Å². The summed E-state index contributed by atoms with van der Waals surface area (Å²) >= 11 is 1.46. The van der Waals surface area contributed by atoms with E-state index in [1.54, 1.807) is 19.2 Å². The first-order chi connectivity index (χ1) is 10.6. The number of nitro groups is 1. The maximum Gasteiger partial charge on any atom is 0.269 e. The summed E-state index contributed by atoms with van der Waals surface area (Å²) < 4.78 is 11.1. The van der Waals surface area contributed by atoms with Crippen molar-refractivity contribution in [2.45, 2.75) is 6.92 Å². The number of morpholine rings is 1. The number of anilines is 1. The van der Waals surface area contributed by atoms with E-state index in [0.29, 0.717) is 24.0 Å². The molecule has 0 unspecified atom stereocenters. The van der Waals surface area contributed by atoms with E-state index >= 15 is 0 Å². The lowest BCUT2D eigenvalue weighted by molar-refractivity contribution is -0.384. The van der Waals surface area contributed by atoms with Crippen molar-refractivity contribution in [2.75, 3.05) is 31.2 Å². The van der Waals surface area contributed by atoms with E-state index < -0.39 is 4.92 Å². The van der Waals surface area contributed by atoms with E-state index in [1.165, 1.54) is 23.5 Å². The average Bonchev–Trinajstić information content (AvgIpc) is 2.98. The lowest BCUT2D eigenvalue weighted by Gasteiger charge is -2.25. The van der Waals surface area contributed by atoms with E-state index in [1.807, 2.05) is 0 Å². The summed E-state index contributed by atoms with van der Waals surface area (Å²) in [5, 5.41) is 12.3. The second-order valence-electron chi connectivity index (χ2n) is 4.87. The van der Waals surface area contributed by atoms with Crippen molar-refractivity contribution in [3.63, 3.8) is 0 Å². The van der Waals surface area contributed by atoms with Crippen LogP contribution in [-0.4, -0.2) is 36.2 Å². The molecule has 0 saturated carbocycles. The van der Waals surface area contributed by atoms with E-state index in [9.17, 15) is 10.1 Å². The molecule has 0 atom stereocenters. The van der Waals surface area contributed by atoms with Gasteiger partial charge in [0.15, 0.2) is 5.13 Å². The summed E-state index contributed by atoms with van der Waals surface area (Å²) in [5.74, 6) is 0.600. The van der Waals surface area contributed by atoms with Crippen LogP contribution < -0.4 is 9.64 Å². The molecule has 2 heterocycles. The van der Waals surface area contributed by atoms with Gasteiger partial charge in [0.05, 0.1) is 24.3 Å². The summed E-state index contributed by atoms with van der Waals surface area (Å²) in [6.07, 6.45) is 1.68. The van der Waals surface area contributed by atoms with Gasteiger partial charge in [0, 0.05) is 25.2 Å². The average molecular weight is 321 g/mol. The van der Waals surface area contributed by atoms with Gasteiger partial charge in [0.2, 0.25) is 5.06 Å². The van der Waals surface area contributed by atoms with Crippen LogP contribution in [0.25, 0.3) is 0 Å². The van der Waals surface area contributed by atoms with Gasteiger partial charge in [0.1, 0.15) is 5.75 Å². The number of rotatable bonds is 4. The number of non-ortho nitro benzene ring substituents is 1. The lowest BCUT2D eigenvalue weighted by Crippen LogP contribution is -2.36. The van der Waals surface area contributed by atoms with Crippen LogP contribution in [0, 0.1) is 17.0 Å². The molecule has 0 N–H and O–H groups in total. The molecule has 0 radical (unpaired) electrons. The highest BCUT2D eigenvalue weighted by Crippen LogP contribution is 2.34. The smallest absolute Gasteiger partial charge is 0.269 e. The Labute approximate surface area is 131 Å². The first-order valence-electron chi connectivity index (χ1n) is 6.85. The highest BCUT2D eigenvalue weighted by atomic mass is 32.1. The number of benzene rings is 1. The van der Waals surface area contributed by atoms with E-state index in [-0.39, 0.29) is 5.69 Å². The highest BCUT2D eigenvalue weighted by Gasteiger charge is 2.16. The Morgan fingerprint density at radius 3 is 2.86 bits per heavy atom. The van der Waals surface area contributed by atoms with E-state index in [4.69, 9.17) is 9.47 Å². The summed E-state index contributed by atoms with van der Waals surface area (Å²) in [4.78, 5) is 16.8. The predicted molar refractivity (Wildman–Crippen MR) is 83.1 cm³/mol. The van der Waals surface area contributed by atoms with Gasteiger partial charge in [-0.1, -0.05) is 11.3 Å². The van der Waals surface area contributed by atoms with Crippen molar-refractivity contribution in [3.05, 3.63) is 40.1 Å². The van der Waals surface area contributed by atoms with Gasteiger partial charge < -0.3 is 14.4 Å². The highest BCUT2D eigenvalue weighted by molar-refractivity contribution is 7.17. The van der Waals surface area contributed by atoms with Crippen molar-refractivity contribution in [1.82, 2.24) is 4.98 Å². The SMILES string of the molecule is Cc1cc([N+](=O)[O-])ccc1Oc1cnc(N2CCOCC2)s1. The zero-order chi connectivity index (χ0) is 15.5. The Kier molecular flexibility index (Phi) is 4.21. The third kappa shape index (κ3) is 3.18. The van der Waals surface area contributed by atoms with Crippen LogP contribution in [0.5, 0.6) is 10.8 Å². The topological polar surface area (TPSA) is 77.7 Å². The fourth-order valence-corrected chi connectivity index (χ4v) is 3.00. The molecule has 2 aromatic rings. The molecular formula is C14H15N3O4S. The van der Waals surface area contributed by atoms with Gasteiger partial charge >= 0.3 is 0 Å². The first-order valence-corrected chi connectivity index (χ1v) is 7.66. The minimum Gasteiger partial charge on any atom is -0.445 e. The fraction of sp³-hybridized carbons (Fsp3) is 0.357. The molecule has 1 aliphatic heterocycles. The Balaban J connectivity index is 1.73. The van der Waals surface area contributed by atoms with Crippen LogP contribution in [0.3, 0.4) is 0 Å². The predicted octanol–water partition coefficient (Wildman–Crippen LogP) is 2.99. The largest absolute Gasteiger partial charge is 0.445 e. The minimum atomic E-state index is -0.417. The van der Waals surface area contributed by atoms with E-state index in [0.717, 1.165) is 23.8 Å². The number of ether oxygens (including phenoxy) is 2. The number of nitrogens with zero attached hydrogens (tertiary/aromatic N) is 3. The minimum absolute atomic E-state index is 0.0585. The Morgan fingerprint density at radius 1 is 1.41 bits per heavy atom. The molecule has 22 heavy (non-hydrogen) atoms. The maximum absolute atomic E-state index is 10.7. The maximum atomic E-state index is 10.7. The molecule has 1 saturated heterocycles. The lowest BCUT2D eigenvalue weighted by atomic mass is 10.2. The fourth-order valence-electron chi connectivity index (χ4n) is 2.17. The molecular weight excluding hydrogens is 306 g/mol. The van der Waals surface area contributed by atoms with Crippen LogP contribution in [0.1, 0.15) is 5.56 Å². The molecule has 0 aliphatic carbocycles.